The molecule has 4 heteroatoms. The van der Waals surface area contributed by atoms with Crippen molar-refractivity contribution in [1.82, 2.24) is 15.0 Å². The van der Waals surface area contributed by atoms with Crippen molar-refractivity contribution in [2.24, 2.45) is 0 Å². The molecule has 0 unspecified atom stereocenters. The second kappa shape index (κ2) is 4.13. The number of nitrogens with zero attached hydrogens (tertiary/aromatic N) is 3. The number of hydrogen-bond donors (Lipinski definition) is 1. The maximum atomic E-state index is 5.53. The Morgan fingerprint density at radius 2 is 1.65 bits per heavy atom. The highest BCUT2D eigenvalue weighted by Gasteiger charge is 2.13. The molecule has 0 amide bonds. The van der Waals surface area contributed by atoms with Crippen LogP contribution in [0.4, 0.5) is 5.95 Å². The highest BCUT2D eigenvalue weighted by molar-refractivity contribution is 5.56. The second-order valence-corrected chi connectivity index (χ2v) is 4.99. The van der Waals surface area contributed by atoms with Crippen LogP contribution in [-0.4, -0.2) is 15.0 Å². The molecule has 0 aliphatic heterocycles. The third-order valence-corrected chi connectivity index (χ3v) is 2.60. The summed E-state index contributed by atoms with van der Waals surface area (Å²) in [6, 6.07) is 8.20. The first-order valence-corrected chi connectivity index (χ1v) is 5.52. The lowest BCUT2D eigenvalue weighted by Crippen LogP contribution is -2.10. The highest BCUT2D eigenvalue weighted by atomic mass is 15.1. The Morgan fingerprint density at radius 1 is 1.00 bits per heavy atom. The number of nitrogens with two attached hydrogens (primary N) is 1. The van der Waals surface area contributed by atoms with Crippen LogP contribution in [0.3, 0.4) is 0 Å². The number of rotatable bonds is 1. The van der Waals surface area contributed by atoms with Gasteiger partial charge in [0.15, 0.2) is 5.82 Å². The quantitative estimate of drug-likeness (QED) is 0.814. The summed E-state index contributed by atoms with van der Waals surface area (Å²) in [5.41, 5.74) is 7.91. The Hall–Kier alpha value is -1.97. The van der Waals surface area contributed by atoms with Gasteiger partial charge in [0.2, 0.25) is 5.95 Å². The van der Waals surface area contributed by atoms with Crippen LogP contribution in [0.1, 0.15) is 26.3 Å². The van der Waals surface area contributed by atoms with E-state index < -0.39 is 0 Å². The normalized spacial score (nSPS) is 11.5. The van der Waals surface area contributed by atoms with Gasteiger partial charge < -0.3 is 5.73 Å². The third kappa shape index (κ3) is 2.58. The van der Waals surface area contributed by atoms with E-state index in [0.717, 1.165) is 5.56 Å². The highest BCUT2D eigenvalue weighted by Crippen LogP contribution is 2.24. The zero-order valence-electron chi connectivity index (χ0n) is 10.3. The monoisotopic (exact) mass is 228 g/mol. The number of hydrogen-bond acceptors (Lipinski definition) is 4. The summed E-state index contributed by atoms with van der Waals surface area (Å²) in [6.07, 6.45) is 1.43. The Balaban J connectivity index is 2.36. The molecule has 1 heterocycles. The summed E-state index contributed by atoms with van der Waals surface area (Å²) >= 11 is 0. The Morgan fingerprint density at radius 3 is 2.18 bits per heavy atom. The van der Waals surface area contributed by atoms with Crippen LogP contribution >= 0.6 is 0 Å². The zero-order valence-corrected chi connectivity index (χ0v) is 10.3. The molecule has 0 radical (unpaired) electrons. The minimum Gasteiger partial charge on any atom is -0.368 e. The molecule has 1 aromatic carbocycles. The zero-order chi connectivity index (χ0) is 12.5. The molecule has 2 rings (SSSR count). The van der Waals surface area contributed by atoms with E-state index in [4.69, 9.17) is 5.73 Å². The smallest absolute Gasteiger partial charge is 0.223 e. The number of aromatic nitrogens is 3. The van der Waals surface area contributed by atoms with Crippen molar-refractivity contribution in [3.8, 4) is 11.4 Å². The van der Waals surface area contributed by atoms with Crippen molar-refractivity contribution >= 4 is 5.95 Å². The summed E-state index contributed by atoms with van der Waals surface area (Å²) in [6.45, 7) is 6.55. The lowest BCUT2D eigenvalue weighted by molar-refractivity contribution is 0.590. The minimum atomic E-state index is 0.149. The van der Waals surface area contributed by atoms with Gasteiger partial charge in [-0.05, 0) is 11.0 Å². The topological polar surface area (TPSA) is 64.7 Å². The van der Waals surface area contributed by atoms with E-state index in [1.807, 2.05) is 12.1 Å². The fourth-order valence-electron chi connectivity index (χ4n) is 1.57. The van der Waals surface area contributed by atoms with Gasteiger partial charge >= 0.3 is 0 Å². The molecule has 88 valence electrons. The fraction of sp³-hybridized carbons (Fsp3) is 0.308. The molecule has 0 fully saturated rings. The molecule has 2 aromatic rings. The molecule has 0 bridgehead atoms. The van der Waals surface area contributed by atoms with Gasteiger partial charge in [0, 0.05) is 5.56 Å². The summed E-state index contributed by atoms with van der Waals surface area (Å²) in [7, 11) is 0. The molecule has 0 aliphatic carbocycles. The van der Waals surface area contributed by atoms with Crippen molar-refractivity contribution in [1.29, 1.82) is 0 Å². The van der Waals surface area contributed by atoms with E-state index >= 15 is 0 Å². The van der Waals surface area contributed by atoms with Gasteiger partial charge in [-0.1, -0.05) is 45.0 Å². The lowest BCUT2D eigenvalue weighted by Gasteiger charge is -2.18. The van der Waals surface area contributed by atoms with Gasteiger partial charge in [-0.3, -0.25) is 0 Å². The largest absolute Gasteiger partial charge is 0.368 e. The molecule has 0 saturated carbocycles. The predicted octanol–water partition coefficient (Wildman–Crippen LogP) is 2.42. The van der Waals surface area contributed by atoms with E-state index in [1.54, 1.807) is 0 Å². The van der Waals surface area contributed by atoms with Gasteiger partial charge in [-0.15, -0.1) is 0 Å². The third-order valence-electron chi connectivity index (χ3n) is 2.60. The maximum Gasteiger partial charge on any atom is 0.223 e. The Labute approximate surface area is 101 Å². The fourth-order valence-corrected chi connectivity index (χ4v) is 1.57. The minimum absolute atomic E-state index is 0.149. The van der Waals surface area contributed by atoms with Crippen molar-refractivity contribution in [2.45, 2.75) is 26.2 Å². The van der Waals surface area contributed by atoms with Gasteiger partial charge in [0.25, 0.3) is 0 Å². The summed E-state index contributed by atoms with van der Waals surface area (Å²) < 4.78 is 0. The van der Waals surface area contributed by atoms with E-state index in [9.17, 15) is 0 Å². The number of benzene rings is 1. The van der Waals surface area contributed by atoms with Crippen molar-refractivity contribution in [3.63, 3.8) is 0 Å². The molecular formula is C13H16N4. The number of nitrogen functional groups attached to an aromatic ring is 1. The first-order valence-electron chi connectivity index (χ1n) is 5.52. The molecule has 1 aromatic heterocycles. The SMILES string of the molecule is CC(C)(C)c1ccc(-c2ncnc(N)n2)cc1. The van der Waals surface area contributed by atoms with Crippen LogP contribution in [-0.2, 0) is 5.41 Å². The molecule has 2 N–H and O–H groups in total. The molecule has 0 saturated heterocycles. The van der Waals surface area contributed by atoms with Crippen LogP contribution in [0.25, 0.3) is 11.4 Å². The Kier molecular flexibility index (Phi) is 2.79. The molecular weight excluding hydrogens is 212 g/mol. The van der Waals surface area contributed by atoms with E-state index in [0.29, 0.717) is 5.82 Å². The number of anilines is 1. The first kappa shape index (κ1) is 11.5. The summed E-state index contributed by atoms with van der Waals surface area (Å²) in [5.74, 6) is 0.854. The van der Waals surface area contributed by atoms with Crippen molar-refractivity contribution in [3.05, 3.63) is 36.2 Å². The van der Waals surface area contributed by atoms with Crippen LogP contribution < -0.4 is 5.73 Å². The average molecular weight is 228 g/mol. The molecule has 0 spiro atoms. The molecule has 0 aliphatic rings. The Bertz CT molecular complexity index is 512. The van der Waals surface area contributed by atoms with Crippen molar-refractivity contribution in [2.75, 3.05) is 5.73 Å². The lowest BCUT2D eigenvalue weighted by atomic mass is 9.87. The van der Waals surface area contributed by atoms with E-state index in [1.165, 1.54) is 11.9 Å². The van der Waals surface area contributed by atoms with Gasteiger partial charge in [-0.2, -0.15) is 4.98 Å². The van der Waals surface area contributed by atoms with Gasteiger partial charge in [0.1, 0.15) is 6.33 Å². The average Bonchev–Trinajstić information content (AvgIpc) is 2.28. The van der Waals surface area contributed by atoms with Crippen LogP contribution in [0.15, 0.2) is 30.6 Å². The first-order chi connectivity index (χ1) is 7.97. The van der Waals surface area contributed by atoms with Gasteiger partial charge in [-0.25, -0.2) is 9.97 Å². The summed E-state index contributed by atoms with van der Waals surface area (Å²) in [4.78, 5) is 12.0. The maximum absolute atomic E-state index is 5.53. The second-order valence-electron chi connectivity index (χ2n) is 4.99. The predicted molar refractivity (Wildman–Crippen MR) is 68.4 cm³/mol. The van der Waals surface area contributed by atoms with Gasteiger partial charge in [0.05, 0.1) is 0 Å². The van der Waals surface area contributed by atoms with Crippen LogP contribution in [0.2, 0.25) is 0 Å². The van der Waals surface area contributed by atoms with E-state index in [-0.39, 0.29) is 11.4 Å². The molecule has 0 atom stereocenters. The van der Waals surface area contributed by atoms with Crippen molar-refractivity contribution < 1.29 is 0 Å². The van der Waals surface area contributed by atoms with E-state index in [2.05, 4.69) is 47.9 Å². The molecule has 17 heavy (non-hydrogen) atoms. The van der Waals surface area contributed by atoms with Crippen LogP contribution in [0, 0.1) is 0 Å². The standard InChI is InChI=1S/C13H16N4/c1-13(2,3)10-6-4-9(5-7-10)11-15-8-16-12(14)17-11/h4-8H,1-3H3,(H2,14,15,16,17). The van der Waals surface area contributed by atoms with Crippen LogP contribution in [0.5, 0.6) is 0 Å². The summed E-state index contributed by atoms with van der Waals surface area (Å²) in [5, 5.41) is 0. The molecule has 4 nitrogen and oxygen atoms in total.